The van der Waals surface area contributed by atoms with Gasteiger partial charge in [-0.3, -0.25) is 0 Å². The predicted octanol–water partition coefficient (Wildman–Crippen LogP) is 5.90. The van der Waals surface area contributed by atoms with Gasteiger partial charge in [0.25, 0.3) is 0 Å². The Morgan fingerprint density at radius 2 is 1.58 bits per heavy atom. The van der Waals surface area contributed by atoms with Crippen molar-refractivity contribution >= 4 is 17.7 Å². The maximum absolute atomic E-state index is 12.6. The fraction of sp³-hybridized carbons (Fsp3) is 0.222. The van der Waals surface area contributed by atoms with E-state index < -0.39 is 0 Å². The molecule has 0 amide bonds. The van der Waals surface area contributed by atoms with Crippen LogP contribution in [0.5, 0.6) is 0 Å². The Bertz CT molecular complexity index is 1200. The van der Waals surface area contributed by atoms with Crippen LogP contribution in [0.25, 0.3) is 0 Å². The first-order valence-electron chi connectivity index (χ1n) is 11.1. The third kappa shape index (κ3) is 5.90. The van der Waals surface area contributed by atoms with Gasteiger partial charge in [-0.1, -0.05) is 60.3 Å². The molecule has 0 radical (unpaired) electrons. The normalized spacial score (nSPS) is 10.8. The highest BCUT2D eigenvalue weighted by Gasteiger charge is 2.14. The Hall–Kier alpha value is -3.38. The molecule has 0 fully saturated rings. The van der Waals surface area contributed by atoms with Gasteiger partial charge < -0.3 is 9.30 Å². The molecule has 4 aromatic rings. The quantitative estimate of drug-likeness (QED) is 0.293. The molecule has 0 aliphatic heterocycles. The largest absolute Gasteiger partial charge is 0.454 e. The van der Waals surface area contributed by atoms with E-state index in [1.165, 1.54) is 16.0 Å². The summed E-state index contributed by atoms with van der Waals surface area (Å²) < 4.78 is 7.57. The van der Waals surface area contributed by atoms with Gasteiger partial charge in [-0.15, -0.1) is 10.2 Å². The SMILES string of the molecule is CCn1c(CCc2ccccc2)nnc1COC(=O)c1ccc(Sc2ccccc2C)cc1. The molecular weight excluding hydrogens is 430 g/mol. The second-order valence-corrected chi connectivity index (χ2v) is 8.85. The zero-order chi connectivity index (χ0) is 23.0. The molecule has 6 heteroatoms. The van der Waals surface area contributed by atoms with Crippen LogP contribution in [0, 0.1) is 6.92 Å². The van der Waals surface area contributed by atoms with Crippen LogP contribution in [0.3, 0.4) is 0 Å². The van der Waals surface area contributed by atoms with Gasteiger partial charge in [0, 0.05) is 22.8 Å². The average molecular weight is 458 g/mol. The van der Waals surface area contributed by atoms with Crippen molar-refractivity contribution in [3.05, 3.63) is 107 Å². The van der Waals surface area contributed by atoms with Gasteiger partial charge in [-0.25, -0.2) is 4.79 Å². The van der Waals surface area contributed by atoms with E-state index in [9.17, 15) is 4.79 Å². The van der Waals surface area contributed by atoms with Crippen molar-refractivity contribution in [1.82, 2.24) is 14.8 Å². The zero-order valence-corrected chi connectivity index (χ0v) is 19.7. The fourth-order valence-corrected chi connectivity index (χ4v) is 4.50. The van der Waals surface area contributed by atoms with Gasteiger partial charge in [0.1, 0.15) is 5.82 Å². The van der Waals surface area contributed by atoms with Gasteiger partial charge in [0.05, 0.1) is 5.56 Å². The molecule has 0 atom stereocenters. The second-order valence-electron chi connectivity index (χ2n) is 7.73. The standard InChI is InChI=1S/C27H27N3O2S/c1-3-30-25(18-13-21-10-5-4-6-11-21)28-29-26(30)19-32-27(31)22-14-16-23(17-15-22)33-24-12-8-7-9-20(24)2/h4-12,14-17H,3,13,18-19H2,1-2H3. The summed E-state index contributed by atoms with van der Waals surface area (Å²) in [6.45, 7) is 4.97. The number of aromatic nitrogens is 3. The molecule has 0 unspecified atom stereocenters. The van der Waals surface area contributed by atoms with E-state index in [1.54, 1.807) is 23.9 Å². The maximum atomic E-state index is 12.6. The molecule has 1 aromatic heterocycles. The first kappa shape index (κ1) is 22.8. The molecule has 1 heterocycles. The van der Waals surface area contributed by atoms with Crippen molar-refractivity contribution in [2.24, 2.45) is 0 Å². The lowest BCUT2D eigenvalue weighted by Gasteiger charge is -2.09. The number of benzene rings is 3. The van der Waals surface area contributed by atoms with Gasteiger partial charge >= 0.3 is 5.97 Å². The average Bonchev–Trinajstić information content (AvgIpc) is 3.25. The van der Waals surface area contributed by atoms with Crippen LogP contribution in [-0.2, 0) is 30.7 Å². The smallest absolute Gasteiger partial charge is 0.338 e. The van der Waals surface area contributed by atoms with Gasteiger partial charge in [-0.2, -0.15) is 0 Å². The number of rotatable bonds is 9. The fourth-order valence-electron chi connectivity index (χ4n) is 3.60. The lowest BCUT2D eigenvalue weighted by Crippen LogP contribution is -2.11. The Morgan fingerprint density at radius 3 is 2.30 bits per heavy atom. The number of carbonyl (C=O) groups is 1. The number of esters is 1. The molecule has 0 spiro atoms. The number of nitrogens with zero attached hydrogens (tertiary/aromatic N) is 3. The van der Waals surface area contributed by atoms with E-state index in [-0.39, 0.29) is 12.6 Å². The van der Waals surface area contributed by atoms with Crippen LogP contribution >= 0.6 is 11.8 Å². The minimum absolute atomic E-state index is 0.102. The highest BCUT2D eigenvalue weighted by molar-refractivity contribution is 7.99. The van der Waals surface area contributed by atoms with Crippen molar-refractivity contribution in [2.75, 3.05) is 0 Å². The van der Waals surface area contributed by atoms with Crippen LogP contribution in [0.1, 0.15) is 40.1 Å². The molecule has 33 heavy (non-hydrogen) atoms. The predicted molar refractivity (Wildman–Crippen MR) is 130 cm³/mol. The number of ether oxygens (including phenoxy) is 1. The molecule has 168 valence electrons. The van der Waals surface area contributed by atoms with E-state index >= 15 is 0 Å². The summed E-state index contributed by atoms with van der Waals surface area (Å²) >= 11 is 1.68. The van der Waals surface area contributed by atoms with Crippen molar-refractivity contribution in [3.8, 4) is 0 Å². The van der Waals surface area contributed by atoms with Crippen molar-refractivity contribution < 1.29 is 9.53 Å². The molecule has 0 saturated carbocycles. The van der Waals surface area contributed by atoms with E-state index in [1.807, 2.05) is 54.0 Å². The molecule has 0 aliphatic carbocycles. The third-order valence-corrected chi connectivity index (χ3v) is 6.63. The summed E-state index contributed by atoms with van der Waals surface area (Å²) in [5.74, 6) is 1.21. The van der Waals surface area contributed by atoms with Gasteiger partial charge in [-0.05, 0) is 61.7 Å². The second kappa shape index (κ2) is 11.0. The molecule has 5 nitrogen and oxygen atoms in total. The zero-order valence-electron chi connectivity index (χ0n) is 18.9. The van der Waals surface area contributed by atoms with E-state index in [4.69, 9.17) is 4.74 Å². The summed E-state index contributed by atoms with van der Waals surface area (Å²) in [6.07, 6.45) is 1.68. The third-order valence-electron chi connectivity index (χ3n) is 5.44. The molecule has 3 aromatic carbocycles. The van der Waals surface area contributed by atoms with Crippen molar-refractivity contribution in [2.45, 2.75) is 49.6 Å². The van der Waals surface area contributed by atoms with Crippen LogP contribution < -0.4 is 0 Å². The first-order valence-corrected chi connectivity index (χ1v) is 11.9. The Morgan fingerprint density at radius 1 is 0.879 bits per heavy atom. The van der Waals surface area contributed by atoms with Crippen LogP contribution in [-0.4, -0.2) is 20.7 Å². The molecule has 0 saturated heterocycles. The summed E-state index contributed by atoms with van der Waals surface area (Å²) in [4.78, 5) is 14.9. The van der Waals surface area contributed by atoms with E-state index in [2.05, 4.69) is 41.4 Å². The summed E-state index contributed by atoms with van der Waals surface area (Å²) in [5, 5.41) is 8.60. The lowest BCUT2D eigenvalue weighted by atomic mass is 10.1. The summed E-state index contributed by atoms with van der Waals surface area (Å²) in [6, 6.07) is 26.1. The van der Waals surface area contributed by atoms with Crippen LogP contribution in [0.4, 0.5) is 0 Å². The van der Waals surface area contributed by atoms with E-state index in [0.29, 0.717) is 11.4 Å². The minimum atomic E-state index is -0.362. The number of hydrogen-bond acceptors (Lipinski definition) is 5. The lowest BCUT2D eigenvalue weighted by molar-refractivity contribution is 0.0457. The molecule has 0 bridgehead atoms. The van der Waals surface area contributed by atoms with E-state index in [0.717, 1.165) is 30.1 Å². The highest BCUT2D eigenvalue weighted by atomic mass is 32.2. The van der Waals surface area contributed by atoms with Crippen molar-refractivity contribution in [3.63, 3.8) is 0 Å². The Kier molecular flexibility index (Phi) is 7.58. The number of hydrogen-bond donors (Lipinski definition) is 0. The van der Waals surface area contributed by atoms with Gasteiger partial charge in [0.15, 0.2) is 12.4 Å². The summed E-state index contributed by atoms with van der Waals surface area (Å²) in [7, 11) is 0. The Balaban J connectivity index is 1.34. The molecule has 0 aliphatic rings. The van der Waals surface area contributed by atoms with Crippen LogP contribution in [0.2, 0.25) is 0 Å². The number of aryl methyl sites for hydroxylation is 3. The topological polar surface area (TPSA) is 57.0 Å². The molecular formula is C27H27N3O2S. The van der Waals surface area contributed by atoms with Crippen molar-refractivity contribution in [1.29, 1.82) is 0 Å². The highest BCUT2D eigenvalue weighted by Crippen LogP contribution is 2.30. The monoisotopic (exact) mass is 457 g/mol. The number of carbonyl (C=O) groups excluding carboxylic acids is 1. The molecule has 0 N–H and O–H groups in total. The molecule has 4 rings (SSSR count). The first-order chi connectivity index (χ1) is 16.1. The minimum Gasteiger partial charge on any atom is -0.454 e. The summed E-state index contributed by atoms with van der Waals surface area (Å²) in [5.41, 5.74) is 3.02. The maximum Gasteiger partial charge on any atom is 0.338 e. The Labute approximate surface area is 198 Å². The van der Waals surface area contributed by atoms with Gasteiger partial charge in [0.2, 0.25) is 0 Å². The van der Waals surface area contributed by atoms with Crippen LogP contribution in [0.15, 0.2) is 88.7 Å².